The molecule has 1 saturated heterocycles. The summed E-state index contributed by atoms with van der Waals surface area (Å²) >= 11 is 0.891. The van der Waals surface area contributed by atoms with E-state index in [9.17, 15) is 9.59 Å². The van der Waals surface area contributed by atoms with Crippen molar-refractivity contribution >= 4 is 46.3 Å². The summed E-state index contributed by atoms with van der Waals surface area (Å²) in [7, 11) is 0.605. The van der Waals surface area contributed by atoms with Crippen LogP contribution in [0.2, 0.25) is 5.04 Å². The van der Waals surface area contributed by atoms with Gasteiger partial charge in [0.25, 0.3) is 13.9 Å². The van der Waals surface area contributed by atoms with Crippen LogP contribution >= 0.6 is 11.3 Å². The van der Waals surface area contributed by atoms with E-state index in [4.69, 9.17) is 18.9 Å². The number of rotatable bonds is 15. The molecule has 12 heteroatoms. The summed E-state index contributed by atoms with van der Waals surface area (Å²) in [5.41, 5.74) is 1.56. The highest BCUT2D eigenvalue weighted by Gasteiger charge is 2.54. The van der Waals surface area contributed by atoms with Crippen LogP contribution in [0.15, 0.2) is 155 Å². The number of ether oxygens (including phenoxy) is 2. The monoisotopic (exact) mass is 879 g/mol. The van der Waals surface area contributed by atoms with Crippen molar-refractivity contribution in [2.75, 3.05) is 19.5 Å². The molecule has 8 rings (SSSR count). The maximum Gasteiger partial charge on any atom is 0.311 e. The van der Waals surface area contributed by atoms with Crippen LogP contribution in [0.1, 0.15) is 70.4 Å². The zero-order valence-corrected chi connectivity index (χ0v) is 38.8. The summed E-state index contributed by atoms with van der Waals surface area (Å²) < 4.78 is 22.3. The molecule has 0 radical (unpaired) electrons. The van der Waals surface area contributed by atoms with Crippen LogP contribution < -0.4 is 36.2 Å². The van der Waals surface area contributed by atoms with Gasteiger partial charge in [0.05, 0.1) is 19.3 Å². The molecule has 63 heavy (non-hydrogen) atoms. The number of nitrogens with zero attached hydrogens (tertiary/aromatic N) is 2. The molecule has 0 unspecified atom stereocenters. The van der Waals surface area contributed by atoms with Crippen molar-refractivity contribution in [2.24, 2.45) is 5.92 Å². The topological polar surface area (TPSA) is 120 Å². The van der Waals surface area contributed by atoms with Gasteiger partial charge in [0.2, 0.25) is 5.95 Å². The summed E-state index contributed by atoms with van der Waals surface area (Å²) in [6, 6.07) is 49.2. The molecule has 0 bridgehead atoms. The zero-order valence-electron chi connectivity index (χ0n) is 37.0. The number of benzene rings is 5. The van der Waals surface area contributed by atoms with Gasteiger partial charge in [0, 0.05) is 12.0 Å². The molecule has 3 heterocycles. The van der Waals surface area contributed by atoms with Crippen LogP contribution in [0, 0.1) is 5.92 Å². The molecule has 326 valence electrons. The average molecular weight is 880 g/mol. The quantitative estimate of drug-likeness (QED) is 0.0695. The molecule has 1 aliphatic heterocycles. The summed E-state index contributed by atoms with van der Waals surface area (Å²) in [5, 5.41) is 9.30. The van der Waals surface area contributed by atoms with Gasteiger partial charge >= 0.3 is 4.87 Å². The standard InChI is InChI=1S/C51H57N5O5SSi/c1-8-42(61-63(50(3,4)5,39-25-17-11-18-26-39)40-27-19-12-20-28-40)43-33-41(34(2)52-6)47(60-43)56-45-44(62-49(56)58)46(57)54-48(53-45)55-51(35-21-13-9-14-22-35,36-23-15-10-16-24-36)37-29-31-38(59-7)32-30-37/h9-32,34,41-43,47,52H,8,33H2,1-7H3,(H2,53,54,55,57)/t34-,41+,42+,43+,47-/m1/s1. The Labute approximate surface area is 374 Å². The molecule has 0 amide bonds. The van der Waals surface area contributed by atoms with E-state index in [1.54, 1.807) is 11.7 Å². The Hall–Kier alpha value is -5.63. The van der Waals surface area contributed by atoms with Crippen LogP contribution in [0.5, 0.6) is 5.75 Å². The second-order valence-electron chi connectivity index (χ2n) is 17.4. The highest BCUT2D eigenvalue weighted by Crippen LogP contribution is 2.44. The molecule has 7 aromatic rings. The normalized spacial score (nSPS) is 18.0. The fourth-order valence-electron chi connectivity index (χ4n) is 9.54. The van der Waals surface area contributed by atoms with Gasteiger partial charge in [-0.15, -0.1) is 0 Å². The van der Waals surface area contributed by atoms with Gasteiger partial charge in [-0.2, -0.15) is 4.98 Å². The molecule has 1 aliphatic rings. The number of H-pyrrole nitrogens is 1. The van der Waals surface area contributed by atoms with Gasteiger partial charge in [-0.3, -0.25) is 19.1 Å². The molecular formula is C51H57N5O5SSi. The summed E-state index contributed by atoms with van der Waals surface area (Å²) in [5.74, 6) is 0.764. The Morgan fingerprint density at radius 3 is 1.84 bits per heavy atom. The first-order chi connectivity index (χ1) is 30.4. The number of thiazole rings is 1. The SMILES string of the molecule is CC[C@H](O[Si](c1ccccc1)(c1ccccc1)C(C)(C)C)[C@@H]1C[C@@H]([C@@H](C)NC)[C@H](n2c(=O)sc3c(=O)[nH]c(NC(c4ccccc4)(c4ccccc4)c4ccc(OC)cc4)nc32)O1. The lowest BCUT2D eigenvalue weighted by molar-refractivity contribution is -0.0620. The molecule has 5 atom stereocenters. The highest BCUT2D eigenvalue weighted by atomic mass is 32.1. The van der Waals surface area contributed by atoms with Crippen LogP contribution in [-0.4, -0.2) is 55.3 Å². The van der Waals surface area contributed by atoms with E-state index >= 15 is 0 Å². The Morgan fingerprint density at radius 2 is 1.35 bits per heavy atom. The third kappa shape index (κ3) is 8.11. The Kier molecular flexibility index (Phi) is 12.7. The van der Waals surface area contributed by atoms with Crippen LogP contribution in [0.25, 0.3) is 10.3 Å². The third-order valence-corrected chi connectivity index (χ3v) is 18.8. The second kappa shape index (κ2) is 18.2. The van der Waals surface area contributed by atoms with Crippen molar-refractivity contribution < 1.29 is 13.9 Å². The van der Waals surface area contributed by atoms with E-state index in [1.165, 1.54) is 10.4 Å². The zero-order chi connectivity index (χ0) is 44.4. The summed E-state index contributed by atoms with van der Waals surface area (Å²) in [6.07, 6.45) is -0.0662. The molecular weight excluding hydrogens is 823 g/mol. The van der Waals surface area contributed by atoms with Crippen molar-refractivity contribution in [3.8, 4) is 5.75 Å². The summed E-state index contributed by atoms with van der Waals surface area (Å²) in [4.78, 5) is 36.4. The first-order valence-corrected chi connectivity index (χ1v) is 24.5. The van der Waals surface area contributed by atoms with E-state index < -0.39 is 25.6 Å². The average Bonchev–Trinajstić information content (AvgIpc) is 3.89. The largest absolute Gasteiger partial charge is 0.497 e. The highest BCUT2D eigenvalue weighted by molar-refractivity contribution is 7.16. The number of hydrogen-bond donors (Lipinski definition) is 3. The van der Waals surface area contributed by atoms with Gasteiger partial charge in [-0.1, -0.05) is 172 Å². The first kappa shape index (κ1) is 44.0. The van der Waals surface area contributed by atoms with Crippen molar-refractivity contribution in [1.82, 2.24) is 19.9 Å². The molecule has 0 spiro atoms. The molecule has 0 aliphatic carbocycles. The second-order valence-corrected chi connectivity index (χ2v) is 22.6. The van der Waals surface area contributed by atoms with Gasteiger partial charge in [-0.25, -0.2) is 0 Å². The number of methoxy groups -OCH3 is 1. The smallest absolute Gasteiger partial charge is 0.311 e. The molecule has 0 saturated carbocycles. The van der Waals surface area contributed by atoms with Gasteiger partial charge < -0.3 is 24.5 Å². The van der Waals surface area contributed by atoms with Gasteiger partial charge in [0.15, 0.2) is 5.65 Å². The van der Waals surface area contributed by atoms with E-state index in [2.05, 4.69) is 123 Å². The molecule has 1 fully saturated rings. The minimum absolute atomic E-state index is 0.0503. The number of fused-ring (bicyclic) bond motifs is 1. The van der Waals surface area contributed by atoms with Crippen molar-refractivity contribution in [1.29, 1.82) is 0 Å². The summed E-state index contributed by atoms with van der Waals surface area (Å²) in [6.45, 7) is 11.1. The fraction of sp³-hybridized carbons (Fsp3) is 0.314. The van der Waals surface area contributed by atoms with Crippen LogP contribution in [-0.2, 0) is 14.7 Å². The first-order valence-electron chi connectivity index (χ1n) is 21.8. The Bertz CT molecular complexity index is 2640. The van der Waals surface area contributed by atoms with Gasteiger partial charge in [0.1, 0.15) is 22.2 Å². The third-order valence-electron chi connectivity index (χ3n) is 12.8. The minimum Gasteiger partial charge on any atom is -0.497 e. The fourth-order valence-corrected chi connectivity index (χ4v) is 15.2. The van der Waals surface area contributed by atoms with Crippen LogP contribution in [0.4, 0.5) is 5.95 Å². The maximum atomic E-state index is 14.4. The number of aromatic nitrogens is 3. The predicted octanol–water partition coefficient (Wildman–Crippen LogP) is 8.43. The van der Waals surface area contributed by atoms with Gasteiger partial charge in [-0.05, 0) is 71.0 Å². The number of anilines is 1. The minimum atomic E-state index is -2.96. The lowest BCUT2D eigenvalue weighted by Crippen LogP contribution is -2.68. The number of hydrogen-bond acceptors (Lipinski definition) is 9. The van der Waals surface area contributed by atoms with Crippen molar-refractivity contribution in [2.45, 2.75) is 82.5 Å². The van der Waals surface area contributed by atoms with Crippen molar-refractivity contribution in [3.63, 3.8) is 0 Å². The molecule has 5 aromatic carbocycles. The maximum absolute atomic E-state index is 14.4. The Morgan fingerprint density at radius 1 is 0.825 bits per heavy atom. The molecule has 3 N–H and O–H groups in total. The number of aromatic amines is 1. The lowest BCUT2D eigenvalue weighted by Gasteiger charge is -2.46. The molecule has 10 nitrogen and oxygen atoms in total. The van der Waals surface area contributed by atoms with E-state index in [-0.39, 0.29) is 50.4 Å². The molecule has 2 aromatic heterocycles. The van der Waals surface area contributed by atoms with E-state index in [1.807, 2.05) is 79.8 Å². The van der Waals surface area contributed by atoms with E-state index in [0.717, 1.165) is 28.0 Å². The lowest BCUT2D eigenvalue weighted by atomic mass is 9.77. The Balaban J connectivity index is 1.24. The number of nitrogens with one attached hydrogen (secondary N) is 3. The predicted molar refractivity (Wildman–Crippen MR) is 257 cm³/mol. The van der Waals surface area contributed by atoms with E-state index in [0.29, 0.717) is 18.6 Å². The van der Waals surface area contributed by atoms with Crippen LogP contribution in [0.3, 0.4) is 0 Å². The van der Waals surface area contributed by atoms with Crippen molar-refractivity contribution in [3.05, 3.63) is 182 Å².